The van der Waals surface area contributed by atoms with Crippen LogP contribution in [-0.4, -0.2) is 20.9 Å². The summed E-state index contributed by atoms with van der Waals surface area (Å²) in [5.41, 5.74) is 10.2. The first kappa shape index (κ1) is 20.9. The minimum absolute atomic E-state index is 0.172. The standard InChI is InChI=1S/C24H19FN6O/c1-14-19(8-18(11-26)23(27)31-14)12-30-24(32)16-4-5-28-21(10-16)7-15-2-3-22-17(6-15)9-20(25)13-29-22/h2-6,8-10,13H,7,12H2,1H3,(H2,27,31)(H,30,32). The molecule has 8 heteroatoms. The lowest BCUT2D eigenvalue weighted by molar-refractivity contribution is 0.0950. The van der Waals surface area contributed by atoms with Crippen molar-refractivity contribution in [1.29, 1.82) is 5.26 Å². The lowest BCUT2D eigenvalue weighted by atomic mass is 10.0. The fourth-order valence-corrected chi connectivity index (χ4v) is 3.40. The van der Waals surface area contributed by atoms with E-state index in [4.69, 9.17) is 11.0 Å². The Balaban J connectivity index is 1.48. The quantitative estimate of drug-likeness (QED) is 0.505. The van der Waals surface area contributed by atoms with E-state index >= 15 is 0 Å². The number of carbonyl (C=O) groups excluding carboxylic acids is 1. The number of pyridine rings is 3. The molecular weight excluding hydrogens is 407 g/mol. The number of nitrogens with two attached hydrogens (primary N) is 1. The molecule has 3 heterocycles. The molecule has 0 aliphatic rings. The molecule has 4 aromatic rings. The Morgan fingerprint density at radius 3 is 2.84 bits per heavy atom. The van der Waals surface area contributed by atoms with Crippen molar-refractivity contribution < 1.29 is 9.18 Å². The van der Waals surface area contributed by atoms with Gasteiger partial charge in [-0.25, -0.2) is 9.37 Å². The van der Waals surface area contributed by atoms with Gasteiger partial charge in [0.2, 0.25) is 0 Å². The van der Waals surface area contributed by atoms with Crippen LogP contribution in [0.1, 0.15) is 38.4 Å². The number of anilines is 1. The van der Waals surface area contributed by atoms with Crippen LogP contribution in [-0.2, 0) is 13.0 Å². The second kappa shape index (κ2) is 8.78. The average Bonchev–Trinajstić information content (AvgIpc) is 2.78. The van der Waals surface area contributed by atoms with Crippen molar-refractivity contribution in [2.75, 3.05) is 5.73 Å². The number of halogens is 1. The fourth-order valence-electron chi connectivity index (χ4n) is 3.40. The number of hydrogen-bond donors (Lipinski definition) is 2. The molecule has 1 amide bonds. The molecule has 0 unspecified atom stereocenters. The van der Waals surface area contributed by atoms with E-state index in [0.29, 0.717) is 34.3 Å². The molecule has 0 saturated carbocycles. The molecule has 0 bridgehead atoms. The maximum atomic E-state index is 13.5. The lowest BCUT2D eigenvalue weighted by Crippen LogP contribution is -2.24. The number of rotatable bonds is 5. The number of carbonyl (C=O) groups is 1. The Bertz CT molecular complexity index is 1380. The smallest absolute Gasteiger partial charge is 0.251 e. The summed E-state index contributed by atoms with van der Waals surface area (Å²) in [6.45, 7) is 1.99. The zero-order valence-corrected chi connectivity index (χ0v) is 17.3. The van der Waals surface area contributed by atoms with E-state index < -0.39 is 0 Å². The van der Waals surface area contributed by atoms with Gasteiger partial charge in [0, 0.05) is 41.5 Å². The van der Waals surface area contributed by atoms with Gasteiger partial charge in [0.1, 0.15) is 17.7 Å². The summed E-state index contributed by atoms with van der Waals surface area (Å²) in [5.74, 6) is -0.487. The molecule has 0 fully saturated rings. The van der Waals surface area contributed by atoms with Gasteiger partial charge in [-0.1, -0.05) is 6.07 Å². The van der Waals surface area contributed by atoms with E-state index in [9.17, 15) is 9.18 Å². The Hall–Kier alpha value is -4.38. The zero-order valence-electron chi connectivity index (χ0n) is 17.3. The summed E-state index contributed by atoms with van der Waals surface area (Å²) in [5, 5.41) is 12.7. The third-order valence-electron chi connectivity index (χ3n) is 5.08. The molecule has 0 atom stereocenters. The maximum Gasteiger partial charge on any atom is 0.251 e. The molecule has 1 aromatic carbocycles. The maximum absolute atomic E-state index is 13.5. The number of benzene rings is 1. The largest absolute Gasteiger partial charge is 0.383 e. The summed E-state index contributed by atoms with van der Waals surface area (Å²) in [6, 6.07) is 14.0. The number of nitrogen functional groups attached to an aromatic ring is 1. The van der Waals surface area contributed by atoms with Crippen molar-refractivity contribution in [3.8, 4) is 6.07 Å². The van der Waals surface area contributed by atoms with Crippen LogP contribution in [0.2, 0.25) is 0 Å². The monoisotopic (exact) mass is 426 g/mol. The van der Waals surface area contributed by atoms with Gasteiger partial charge in [0.05, 0.1) is 17.3 Å². The number of aromatic nitrogens is 3. The first-order valence-electron chi connectivity index (χ1n) is 9.86. The van der Waals surface area contributed by atoms with Gasteiger partial charge in [0.25, 0.3) is 5.91 Å². The highest BCUT2D eigenvalue weighted by Crippen LogP contribution is 2.18. The highest BCUT2D eigenvalue weighted by molar-refractivity contribution is 5.94. The molecule has 0 saturated heterocycles. The van der Waals surface area contributed by atoms with Crippen LogP contribution in [0.5, 0.6) is 0 Å². The SMILES string of the molecule is Cc1nc(N)c(C#N)cc1CNC(=O)c1ccnc(Cc2ccc3ncc(F)cc3c2)c1. The topological polar surface area (TPSA) is 118 Å². The molecular formula is C24H19FN6O. The van der Waals surface area contributed by atoms with E-state index in [1.54, 1.807) is 31.3 Å². The summed E-state index contributed by atoms with van der Waals surface area (Å²) < 4.78 is 13.5. The lowest BCUT2D eigenvalue weighted by Gasteiger charge is -2.10. The number of amides is 1. The molecule has 3 N–H and O–H groups in total. The predicted molar refractivity (Wildman–Crippen MR) is 118 cm³/mol. The molecule has 0 spiro atoms. The minimum Gasteiger partial charge on any atom is -0.383 e. The Labute approximate surface area is 183 Å². The number of nitrogens with one attached hydrogen (secondary N) is 1. The van der Waals surface area contributed by atoms with Gasteiger partial charge in [0.15, 0.2) is 0 Å². The van der Waals surface area contributed by atoms with E-state index in [2.05, 4.69) is 20.3 Å². The van der Waals surface area contributed by atoms with Gasteiger partial charge in [-0.15, -0.1) is 0 Å². The van der Waals surface area contributed by atoms with Gasteiger partial charge in [-0.2, -0.15) is 5.26 Å². The second-order valence-electron chi connectivity index (χ2n) is 7.35. The van der Waals surface area contributed by atoms with Crippen LogP contribution in [0.3, 0.4) is 0 Å². The summed E-state index contributed by atoms with van der Waals surface area (Å²) >= 11 is 0. The molecule has 4 rings (SSSR count). The van der Waals surface area contributed by atoms with E-state index in [-0.39, 0.29) is 29.7 Å². The van der Waals surface area contributed by atoms with Gasteiger partial charge in [-0.05, 0) is 54.4 Å². The molecule has 158 valence electrons. The highest BCUT2D eigenvalue weighted by Gasteiger charge is 2.11. The third-order valence-corrected chi connectivity index (χ3v) is 5.08. The number of nitriles is 1. The van der Waals surface area contributed by atoms with E-state index in [0.717, 1.165) is 11.1 Å². The number of nitrogens with zero attached hydrogens (tertiary/aromatic N) is 4. The van der Waals surface area contributed by atoms with Crippen LogP contribution in [0, 0.1) is 24.1 Å². The van der Waals surface area contributed by atoms with Crippen LogP contribution in [0.15, 0.2) is 54.9 Å². The van der Waals surface area contributed by atoms with Crippen LogP contribution in [0.4, 0.5) is 10.2 Å². The van der Waals surface area contributed by atoms with Crippen LogP contribution >= 0.6 is 0 Å². The number of aryl methyl sites for hydroxylation is 1. The predicted octanol–water partition coefficient (Wildman–Crippen LogP) is 3.45. The van der Waals surface area contributed by atoms with E-state index in [1.807, 2.05) is 24.3 Å². The third kappa shape index (κ3) is 4.52. The Morgan fingerprint density at radius 2 is 2.03 bits per heavy atom. The van der Waals surface area contributed by atoms with Crippen molar-refractivity contribution in [2.24, 2.45) is 0 Å². The number of fused-ring (bicyclic) bond motifs is 1. The summed E-state index contributed by atoms with van der Waals surface area (Å²) in [7, 11) is 0. The van der Waals surface area contributed by atoms with Crippen molar-refractivity contribution >= 4 is 22.6 Å². The first-order chi connectivity index (χ1) is 15.4. The van der Waals surface area contributed by atoms with Gasteiger partial charge < -0.3 is 11.1 Å². The number of hydrogen-bond acceptors (Lipinski definition) is 6. The van der Waals surface area contributed by atoms with Gasteiger partial charge >= 0.3 is 0 Å². The molecule has 0 aliphatic heterocycles. The molecule has 0 aliphatic carbocycles. The summed E-state index contributed by atoms with van der Waals surface area (Å²) in [4.78, 5) is 25.2. The van der Waals surface area contributed by atoms with Crippen molar-refractivity contribution in [2.45, 2.75) is 19.9 Å². The van der Waals surface area contributed by atoms with Crippen molar-refractivity contribution in [3.05, 3.63) is 94.3 Å². The average molecular weight is 426 g/mol. The minimum atomic E-state index is -0.389. The summed E-state index contributed by atoms with van der Waals surface area (Å²) in [6.07, 6.45) is 3.26. The van der Waals surface area contributed by atoms with Crippen LogP contribution < -0.4 is 11.1 Å². The molecule has 32 heavy (non-hydrogen) atoms. The zero-order chi connectivity index (χ0) is 22.7. The normalized spacial score (nSPS) is 10.7. The Morgan fingerprint density at radius 1 is 1.19 bits per heavy atom. The Kier molecular flexibility index (Phi) is 5.73. The molecule has 3 aromatic heterocycles. The fraction of sp³-hybridized carbons (Fsp3) is 0.125. The van der Waals surface area contributed by atoms with E-state index in [1.165, 1.54) is 12.3 Å². The van der Waals surface area contributed by atoms with Crippen molar-refractivity contribution in [3.63, 3.8) is 0 Å². The van der Waals surface area contributed by atoms with Gasteiger partial charge in [-0.3, -0.25) is 14.8 Å². The molecule has 0 radical (unpaired) electrons. The van der Waals surface area contributed by atoms with Crippen LogP contribution in [0.25, 0.3) is 10.9 Å². The first-order valence-corrected chi connectivity index (χ1v) is 9.86. The second-order valence-corrected chi connectivity index (χ2v) is 7.35. The van der Waals surface area contributed by atoms with Crippen molar-refractivity contribution in [1.82, 2.24) is 20.3 Å². The highest BCUT2D eigenvalue weighted by atomic mass is 19.1. The molecule has 7 nitrogen and oxygen atoms in total.